The van der Waals surface area contributed by atoms with Gasteiger partial charge in [-0.05, 0) is 24.6 Å². The van der Waals surface area contributed by atoms with Crippen molar-refractivity contribution in [1.82, 2.24) is 0 Å². The monoisotopic (exact) mass is 290 g/mol. The molecule has 0 aliphatic heterocycles. The number of nitrogens with one attached hydrogen (secondary N) is 1. The second-order valence-corrected chi connectivity index (χ2v) is 4.60. The minimum atomic E-state index is -0.509. The molecule has 0 aliphatic rings. The number of rotatable bonds is 3. The molecule has 0 spiro atoms. The number of carbonyl (C=O) groups excluding carboxylic acids is 1. The predicted octanol–water partition coefficient (Wildman–Crippen LogP) is 3.81. The summed E-state index contributed by atoms with van der Waals surface area (Å²) in [5.74, 6) is -0.404. The standard InChI is InChI=1S/C14H11ClN2O3/c1-9-6-7-10(17(19)20)8-13(9)16-14(18)11-4-2-3-5-12(11)15/h2-8H,1H3,(H,16,18). The van der Waals surface area contributed by atoms with Crippen molar-refractivity contribution in [3.8, 4) is 0 Å². The molecule has 0 heterocycles. The molecule has 2 rings (SSSR count). The third kappa shape index (κ3) is 2.95. The van der Waals surface area contributed by atoms with E-state index in [1.165, 1.54) is 12.1 Å². The second-order valence-electron chi connectivity index (χ2n) is 4.19. The second kappa shape index (κ2) is 5.71. The van der Waals surface area contributed by atoms with Crippen molar-refractivity contribution >= 4 is 28.9 Å². The Hall–Kier alpha value is -2.40. The smallest absolute Gasteiger partial charge is 0.271 e. The van der Waals surface area contributed by atoms with Crippen LogP contribution in [-0.2, 0) is 0 Å². The molecule has 1 amide bonds. The van der Waals surface area contributed by atoms with Crippen LogP contribution in [0.1, 0.15) is 15.9 Å². The summed E-state index contributed by atoms with van der Waals surface area (Å²) in [6.45, 7) is 1.76. The molecule has 0 saturated heterocycles. The number of nitro benzene ring substituents is 1. The summed E-state index contributed by atoms with van der Waals surface area (Å²) in [6.07, 6.45) is 0. The maximum absolute atomic E-state index is 12.1. The quantitative estimate of drug-likeness (QED) is 0.690. The average molecular weight is 291 g/mol. The van der Waals surface area contributed by atoms with Gasteiger partial charge in [0.15, 0.2) is 0 Å². The maximum atomic E-state index is 12.1. The summed E-state index contributed by atoms with van der Waals surface area (Å²) in [5.41, 5.74) is 1.37. The number of non-ortho nitro benzene ring substituents is 1. The van der Waals surface area contributed by atoms with Crippen molar-refractivity contribution < 1.29 is 9.72 Å². The van der Waals surface area contributed by atoms with Gasteiger partial charge < -0.3 is 5.32 Å². The minimum Gasteiger partial charge on any atom is -0.321 e. The van der Waals surface area contributed by atoms with Crippen LogP contribution in [0.3, 0.4) is 0 Å². The van der Waals surface area contributed by atoms with E-state index < -0.39 is 10.8 Å². The Morgan fingerprint density at radius 3 is 2.60 bits per heavy atom. The first-order valence-corrected chi connectivity index (χ1v) is 6.18. The van der Waals surface area contributed by atoms with Gasteiger partial charge in [-0.1, -0.05) is 29.8 Å². The molecule has 1 N–H and O–H groups in total. The van der Waals surface area contributed by atoms with Crippen molar-refractivity contribution in [2.75, 3.05) is 5.32 Å². The fourth-order valence-electron chi connectivity index (χ4n) is 1.69. The zero-order chi connectivity index (χ0) is 14.7. The zero-order valence-electron chi connectivity index (χ0n) is 10.6. The normalized spacial score (nSPS) is 10.1. The van der Waals surface area contributed by atoms with Crippen molar-refractivity contribution in [2.24, 2.45) is 0 Å². The van der Waals surface area contributed by atoms with Gasteiger partial charge >= 0.3 is 0 Å². The SMILES string of the molecule is Cc1ccc([N+](=O)[O-])cc1NC(=O)c1ccccc1Cl. The molecule has 5 nitrogen and oxygen atoms in total. The highest BCUT2D eigenvalue weighted by Gasteiger charge is 2.13. The summed E-state index contributed by atoms with van der Waals surface area (Å²) in [7, 11) is 0. The highest BCUT2D eigenvalue weighted by molar-refractivity contribution is 6.34. The van der Waals surface area contributed by atoms with Gasteiger partial charge in [0, 0.05) is 12.1 Å². The predicted molar refractivity (Wildman–Crippen MR) is 77.2 cm³/mol. The summed E-state index contributed by atoms with van der Waals surface area (Å²) >= 11 is 5.94. The lowest BCUT2D eigenvalue weighted by atomic mass is 10.1. The molecule has 0 aliphatic carbocycles. The maximum Gasteiger partial charge on any atom is 0.271 e. The van der Waals surface area contributed by atoms with E-state index in [0.29, 0.717) is 16.3 Å². The number of anilines is 1. The summed E-state index contributed by atoms with van der Waals surface area (Å²) in [6, 6.07) is 10.9. The van der Waals surface area contributed by atoms with Crippen LogP contribution in [0.2, 0.25) is 5.02 Å². The van der Waals surface area contributed by atoms with E-state index in [2.05, 4.69) is 5.32 Å². The van der Waals surface area contributed by atoms with Gasteiger partial charge in [-0.15, -0.1) is 0 Å². The van der Waals surface area contributed by atoms with Crippen LogP contribution < -0.4 is 5.32 Å². The Kier molecular flexibility index (Phi) is 4.00. The van der Waals surface area contributed by atoms with Crippen LogP contribution in [0.4, 0.5) is 11.4 Å². The third-order valence-corrected chi connectivity index (χ3v) is 3.13. The molecule has 0 bridgehead atoms. The van der Waals surface area contributed by atoms with Gasteiger partial charge in [0.05, 0.1) is 21.2 Å². The van der Waals surface area contributed by atoms with Gasteiger partial charge in [-0.3, -0.25) is 14.9 Å². The lowest BCUT2D eigenvalue weighted by molar-refractivity contribution is -0.384. The van der Waals surface area contributed by atoms with E-state index in [0.717, 1.165) is 5.56 Å². The van der Waals surface area contributed by atoms with Crippen LogP contribution in [0.25, 0.3) is 0 Å². The lowest BCUT2D eigenvalue weighted by Gasteiger charge is -2.09. The molecule has 6 heteroatoms. The number of hydrogen-bond acceptors (Lipinski definition) is 3. The Labute approximate surface area is 120 Å². The molecular weight excluding hydrogens is 280 g/mol. The molecule has 0 fully saturated rings. The molecular formula is C14H11ClN2O3. The summed E-state index contributed by atoms with van der Waals surface area (Å²) in [5, 5.41) is 13.7. The molecule has 0 aromatic heterocycles. The van der Waals surface area contributed by atoms with Crippen LogP contribution in [0, 0.1) is 17.0 Å². The van der Waals surface area contributed by atoms with Crippen LogP contribution in [0.5, 0.6) is 0 Å². The molecule has 2 aromatic rings. The van der Waals surface area contributed by atoms with Gasteiger partial charge in [0.2, 0.25) is 0 Å². The highest BCUT2D eigenvalue weighted by Crippen LogP contribution is 2.23. The number of amides is 1. The molecule has 0 unspecified atom stereocenters. The van der Waals surface area contributed by atoms with Gasteiger partial charge in [0.1, 0.15) is 0 Å². The van der Waals surface area contributed by atoms with Crippen LogP contribution in [0.15, 0.2) is 42.5 Å². The van der Waals surface area contributed by atoms with Gasteiger partial charge in [0.25, 0.3) is 11.6 Å². The van der Waals surface area contributed by atoms with E-state index in [-0.39, 0.29) is 5.69 Å². The first kappa shape index (κ1) is 14.0. The van der Waals surface area contributed by atoms with E-state index >= 15 is 0 Å². The van der Waals surface area contributed by atoms with Crippen LogP contribution in [-0.4, -0.2) is 10.8 Å². The fourth-order valence-corrected chi connectivity index (χ4v) is 1.91. The first-order valence-electron chi connectivity index (χ1n) is 5.80. The van der Waals surface area contributed by atoms with Crippen molar-refractivity contribution in [2.45, 2.75) is 6.92 Å². The summed E-state index contributed by atoms with van der Waals surface area (Å²) < 4.78 is 0. The molecule has 0 saturated carbocycles. The number of nitrogens with zero attached hydrogens (tertiary/aromatic N) is 1. The number of halogens is 1. The highest BCUT2D eigenvalue weighted by atomic mass is 35.5. The van der Waals surface area contributed by atoms with E-state index in [1.54, 1.807) is 37.3 Å². The first-order chi connectivity index (χ1) is 9.49. The summed E-state index contributed by atoms with van der Waals surface area (Å²) in [4.78, 5) is 22.3. The molecule has 102 valence electrons. The lowest BCUT2D eigenvalue weighted by Crippen LogP contribution is -2.13. The topological polar surface area (TPSA) is 72.2 Å². The molecule has 20 heavy (non-hydrogen) atoms. The number of aryl methyl sites for hydroxylation is 1. The molecule has 2 aromatic carbocycles. The molecule has 0 radical (unpaired) electrons. The van der Waals surface area contributed by atoms with Crippen molar-refractivity contribution in [3.63, 3.8) is 0 Å². The Balaban J connectivity index is 2.30. The number of nitro groups is 1. The number of benzene rings is 2. The Morgan fingerprint density at radius 1 is 1.25 bits per heavy atom. The third-order valence-electron chi connectivity index (χ3n) is 2.80. The largest absolute Gasteiger partial charge is 0.321 e. The number of carbonyl (C=O) groups is 1. The zero-order valence-corrected chi connectivity index (χ0v) is 11.3. The minimum absolute atomic E-state index is 0.0786. The van der Waals surface area contributed by atoms with E-state index in [9.17, 15) is 14.9 Å². The Bertz CT molecular complexity index is 686. The number of hydrogen-bond donors (Lipinski definition) is 1. The average Bonchev–Trinajstić information content (AvgIpc) is 2.41. The fraction of sp³-hybridized carbons (Fsp3) is 0.0714. The van der Waals surface area contributed by atoms with Crippen LogP contribution >= 0.6 is 11.6 Å². The van der Waals surface area contributed by atoms with E-state index in [4.69, 9.17) is 11.6 Å². The van der Waals surface area contributed by atoms with Gasteiger partial charge in [-0.25, -0.2) is 0 Å². The van der Waals surface area contributed by atoms with Gasteiger partial charge in [-0.2, -0.15) is 0 Å². The molecule has 0 atom stereocenters. The Morgan fingerprint density at radius 2 is 1.95 bits per heavy atom. The van der Waals surface area contributed by atoms with E-state index in [1.807, 2.05) is 0 Å². The van der Waals surface area contributed by atoms with Crippen molar-refractivity contribution in [1.29, 1.82) is 0 Å². The van der Waals surface area contributed by atoms with Crippen molar-refractivity contribution in [3.05, 3.63) is 68.7 Å².